The molecule has 0 saturated heterocycles. The van der Waals surface area contributed by atoms with E-state index in [0.29, 0.717) is 11.5 Å². The smallest absolute Gasteiger partial charge is 0.351 e. The lowest BCUT2D eigenvalue weighted by Gasteiger charge is -2.25. The van der Waals surface area contributed by atoms with Gasteiger partial charge >= 0.3 is 5.97 Å². The van der Waals surface area contributed by atoms with Gasteiger partial charge in [-0.05, 0) is 37.3 Å². The number of esters is 1. The van der Waals surface area contributed by atoms with Crippen LogP contribution in [0.2, 0.25) is 5.02 Å². The molecule has 0 fully saturated rings. The third kappa shape index (κ3) is 4.05. The van der Waals surface area contributed by atoms with Gasteiger partial charge in [-0.2, -0.15) is 0 Å². The monoisotopic (exact) mass is 379 g/mol. The Hall–Kier alpha value is -2.80. The van der Waals surface area contributed by atoms with E-state index < -0.39 is 29.9 Å². The van der Waals surface area contributed by atoms with Gasteiger partial charge in [0, 0.05) is 0 Å². The number of benzene rings is 2. The van der Waals surface area contributed by atoms with E-state index in [9.17, 15) is 14.0 Å². The lowest BCUT2D eigenvalue weighted by Crippen LogP contribution is -2.41. The van der Waals surface area contributed by atoms with Crippen molar-refractivity contribution in [3.63, 3.8) is 0 Å². The molecule has 0 radical (unpaired) electrons. The summed E-state index contributed by atoms with van der Waals surface area (Å²) in [4.78, 5) is 24.4. The fraction of sp³-hybridized carbons (Fsp3) is 0.222. The Bertz CT molecular complexity index is 844. The average molecular weight is 380 g/mol. The normalized spacial score (nSPS) is 16.5. The van der Waals surface area contributed by atoms with Crippen LogP contribution < -0.4 is 14.8 Å². The number of amides is 1. The van der Waals surface area contributed by atoms with Gasteiger partial charge in [-0.15, -0.1) is 0 Å². The van der Waals surface area contributed by atoms with Crippen molar-refractivity contribution in [2.24, 2.45) is 0 Å². The van der Waals surface area contributed by atoms with Crippen LogP contribution in [0.15, 0.2) is 42.5 Å². The van der Waals surface area contributed by atoms with Gasteiger partial charge in [0.25, 0.3) is 5.91 Å². The summed E-state index contributed by atoms with van der Waals surface area (Å²) in [6.45, 7) is 1.39. The predicted molar refractivity (Wildman–Crippen MR) is 91.9 cm³/mol. The van der Waals surface area contributed by atoms with Crippen LogP contribution in [-0.2, 0) is 14.3 Å². The molecule has 3 rings (SSSR count). The average Bonchev–Trinajstić information content (AvgIpc) is 2.63. The highest BCUT2D eigenvalue weighted by atomic mass is 35.5. The number of hydrogen-bond donors (Lipinski definition) is 1. The number of halogens is 2. The number of rotatable bonds is 4. The van der Waals surface area contributed by atoms with Gasteiger partial charge in [0.1, 0.15) is 12.4 Å². The van der Waals surface area contributed by atoms with Crippen molar-refractivity contribution >= 4 is 29.2 Å². The third-order valence-corrected chi connectivity index (χ3v) is 3.94. The number of nitrogens with one attached hydrogen (secondary N) is 1. The lowest BCUT2D eigenvalue weighted by molar-refractivity contribution is -0.162. The highest BCUT2D eigenvalue weighted by Crippen LogP contribution is 2.31. The van der Waals surface area contributed by atoms with Crippen LogP contribution in [0.3, 0.4) is 0 Å². The van der Waals surface area contributed by atoms with Crippen molar-refractivity contribution in [1.82, 2.24) is 0 Å². The Labute approximate surface area is 153 Å². The van der Waals surface area contributed by atoms with Gasteiger partial charge in [-0.3, -0.25) is 4.79 Å². The zero-order valence-corrected chi connectivity index (χ0v) is 14.5. The molecule has 1 heterocycles. The summed E-state index contributed by atoms with van der Waals surface area (Å²) in [6.07, 6.45) is -2.08. The van der Waals surface area contributed by atoms with Crippen molar-refractivity contribution in [2.75, 3.05) is 11.9 Å². The minimum atomic E-state index is -1.11. The SMILES string of the molecule is C[C@H](OC(=O)[C@@H]1COc2ccccc2O1)C(=O)Nc1ccc(F)cc1Cl. The second-order valence-electron chi connectivity index (χ2n) is 5.56. The minimum Gasteiger partial charge on any atom is -0.485 e. The zero-order valence-electron chi connectivity index (χ0n) is 13.7. The van der Waals surface area contributed by atoms with Crippen LogP contribution in [-0.4, -0.2) is 30.7 Å². The molecule has 1 aliphatic heterocycles. The first-order valence-corrected chi connectivity index (χ1v) is 8.16. The second kappa shape index (κ2) is 7.61. The van der Waals surface area contributed by atoms with Crippen molar-refractivity contribution in [3.05, 3.63) is 53.3 Å². The number of fused-ring (bicyclic) bond motifs is 1. The Balaban J connectivity index is 1.58. The van der Waals surface area contributed by atoms with Crippen LogP contribution in [0, 0.1) is 5.82 Å². The van der Waals surface area contributed by atoms with E-state index in [0.717, 1.165) is 12.1 Å². The maximum Gasteiger partial charge on any atom is 0.351 e. The third-order valence-electron chi connectivity index (χ3n) is 3.62. The Morgan fingerprint density at radius 2 is 2.00 bits per heavy atom. The fourth-order valence-electron chi connectivity index (χ4n) is 2.26. The summed E-state index contributed by atoms with van der Waals surface area (Å²) in [5, 5.41) is 2.51. The van der Waals surface area contributed by atoms with Gasteiger partial charge < -0.3 is 19.5 Å². The number of carbonyl (C=O) groups excluding carboxylic acids is 2. The molecule has 0 aromatic heterocycles. The van der Waals surface area contributed by atoms with E-state index in [1.54, 1.807) is 24.3 Å². The Morgan fingerprint density at radius 3 is 2.73 bits per heavy atom. The van der Waals surface area contributed by atoms with Crippen molar-refractivity contribution < 1.29 is 28.2 Å². The molecule has 0 aliphatic carbocycles. The van der Waals surface area contributed by atoms with Gasteiger partial charge in [-0.25, -0.2) is 9.18 Å². The summed E-state index contributed by atoms with van der Waals surface area (Å²) in [7, 11) is 0. The minimum absolute atomic E-state index is 0.0199. The van der Waals surface area contributed by atoms with Crippen LogP contribution in [0.25, 0.3) is 0 Å². The molecular weight excluding hydrogens is 365 g/mol. The van der Waals surface area contributed by atoms with Crippen LogP contribution in [0.5, 0.6) is 11.5 Å². The first-order valence-electron chi connectivity index (χ1n) is 7.79. The van der Waals surface area contributed by atoms with Gasteiger partial charge in [0.15, 0.2) is 17.6 Å². The van der Waals surface area contributed by atoms with Crippen LogP contribution >= 0.6 is 11.6 Å². The van der Waals surface area contributed by atoms with E-state index in [2.05, 4.69) is 5.32 Å². The van der Waals surface area contributed by atoms with Gasteiger partial charge in [-0.1, -0.05) is 23.7 Å². The summed E-state index contributed by atoms with van der Waals surface area (Å²) < 4.78 is 29.1. The van der Waals surface area contributed by atoms with E-state index in [-0.39, 0.29) is 17.3 Å². The lowest BCUT2D eigenvalue weighted by atomic mass is 10.2. The molecule has 0 bridgehead atoms. The molecule has 1 amide bonds. The largest absolute Gasteiger partial charge is 0.485 e. The summed E-state index contributed by atoms with van der Waals surface area (Å²) in [6, 6.07) is 10.5. The number of hydrogen-bond acceptors (Lipinski definition) is 5. The molecule has 2 aromatic carbocycles. The summed E-state index contributed by atoms with van der Waals surface area (Å²) in [5.41, 5.74) is 0.215. The van der Waals surface area contributed by atoms with E-state index in [1.165, 1.54) is 13.0 Å². The fourth-order valence-corrected chi connectivity index (χ4v) is 2.48. The molecule has 0 unspecified atom stereocenters. The maximum atomic E-state index is 13.0. The van der Waals surface area contributed by atoms with E-state index in [1.807, 2.05) is 0 Å². The molecular formula is C18H15ClFNO5. The Kier molecular flexibility index (Phi) is 5.27. The van der Waals surface area contributed by atoms with Crippen LogP contribution in [0.1, 0.15) is 6.92 Å². The molecule has 136 valence electrons. The molecule has 0 saturated carbocycles. The number of anilines is 1. The molecule has 26 heavy (non-hydrogen) atoms. The van der Waals surface area contributed by atoms with Crippen LogP contribution in [0.4, 0.5) is 10.1 Å². The highest BCUT2D eigenvalue weighted by molar-refractivity contribution is 6.33. The quantitative estimate of drug-likeness (QED) is 0.826. The first-order chi connectivity index (χ1) is 12.4. The van der Waals surface area contributed by atoms with E-state index >= 15 is 0 Å². The highest BCUT2D eigenvalue weighted by Gasteiger charge is 2.31. The maximum absolute atomic E-state index is 13.0. The standard InChI is InChI=1S/C18H15ClFNO5/c1-10(17(22)21-13-7-6-11(20)8-12(13)19)25-18(23)16-9-24-14-4-2-3-5-15(14)26-16/h2-8,10,16H,9H2,1H3,(H,21,22)/t10-,16-/m0/s1. The van der Waals surface area contributed by atoms with Crippen molar-refractivity contribution in [3.8, 4) is 11.5 Å². The van der Waals surface area contributed by atoms with Gasteiger partial charge in [0.05, 0.1) is 10.7 Å². The first kappa shape index (κ1) is 18.0. The summed E-state index contributed by atoms with van der Waals surface area (Å²) >= 11 is 5.85. The molecule has 6 nitrogen and oxygen atoms in total. The predicted octanol–water partition coefficient (Wildman–Crippen LogP) is 3.19. The summed E-state index contributed by atoms with van der Waals surface area (Å²) in [5.74, 6) is -0.900. The number of carbonyl (C=O) groups is 2. The van der Waals surface area contributed by atoms with Gasteiger partial charge in [0.2, 0.25) is 6.10 Å². The molecule has 2 aromatic rings. The number of ether oxygens (including phenoxy) is 3. The Morgan fingerprint density at radius 1 is 1.27 bits per heavy atom. The molecule has 0 spiro atoms. The van der Waals surface area contributed by atoms with Crippen molar-refractivity contribution in [2.45, 2.75) is 19.1 Å². The molecule has 8 heteroatoms. The second-order valence-corrected chi connectivity index (χ2v) is 5.96. The van der Waals surface area contributed by atoms with E-state index in [4.69, 9.17) is 25.8 Å². The molecule has 1 N–H and O–H groups in total. The molecule has 2 atom stereocenters. The van der Waals surface area contributed by atoms with Crippen molar-refractivity contribution in [1.29, 1.82) is 0 Å². The number of para-hydroxylation sites is 2. The topological polar surface area (TPSA) is 73.9 Å². The molecule has 1 aliphatic rings. The zero-order chi connectivity index (χ0) is 18.7.